The predicted octanol–water partition coefficient (Wildman–Crippen LogP) is 2.32. The van der Waals surface area contributed by atoms with E-state index in [1.165, 1.54) is 0 Å². The highest BCUT2D eigenvalue weighted by molar-refractivity contribution is 5.90. The molecule has 0 aliphatic heterocycles. The Morgan fingerprint density at radius 1 is 1.16 bits per heavy atom. The highest BCUT2D eigenvalue weighted by Gasteiger charge is 2.18. The number of rotatable bonds is 6. The van der Waals surface area contributed by atoms with Gasteiger partial charge in [0.1, 0.15) is 22.8 Å². The molecule has 1 aromatic heterocycles. The Hall–Kier alpha value is -1.72. The van der Waals surface area contributed by atoms with Gasteiger partial charge in [0.05, 0.1) is 32.8 Å². The highest BCUT2D eigenvalue weighted by atomic mass is 16.5. The number of methoxy groups -OCH3 is 3. The van der Waals surface area contributed by atoms with Gasteiger partial charge in [-0.2, -0.15) is 0 Å². The van der Waals surface area contributed by atoms with Crippen LogP contribution < -0.4 is 14.8 Å². The van der Waals surface area contributed by atoms with Gasteiger partial charge in [-0.3, -0.25) is 0 Å². The summed E-state index contributed by atoms with van der Waals surface area (Å²) in [5.41, 5.74) is 1.75. The second-order valence-electron chi connectivity index (χ2n) is 4.17. The Labute approximate surface area is 112 Å². The van der Waals surface area contributed by atoms with Crippen molar-refractivity contribution in [2.45, 2.75) is 13.2 Å². The van der Waals surface area contributed by atoms with Crippen LogP contribution in [-0.4, -0.2) is 28.4 Å². The van der Waals surface area contributed by atoms with Crippen molar-refractivity contribution in [2.24, 2.45) is 0 Å². The summed E-state index contributed by atoms with van der Waals surface area (Å²) in [5, 5.41) is 4.03. The van der Waals surface area contributed by atoms with E-state index in [2.05, 4.69) is 5.32 Å². The quantitative estimate of drug-likeness (QED) is 0.868. The molecule has 0 amide bonds. The van der Waals surface area contributed by atoms with E-state index in [1.54, 1.807) is 21.3 Å². The third-order valence-electron chi connectivity index (χ3n) is 2.99. The standard InChI is InChI=1S/C14H19NO4/c1-15-7-13-10(8-16-2)14-11(18-4)5-9(17-3)6-12(14)19-13/h5-6,15H,7-8H2,1-4H3. The van der Waals surface area contributed by atoms with Gasteiger partial charge in [-0.05, 0) is 7.05 Å². The van der Waals surface area contributed by atoms with Crippen LogP contribution in [0.1, 0.15) is 11.3 Å². The maximum absolute atomic E-state index is 5.87. The normalized spacial score (nSPS) is 10.9. The fourth-order valence-corrected chi connectivity index (χ4v) is 2.16. The van der Waals surface area contributed by atoms with Crippen molar-refractivity contribution in [3.8, 4) is 11.5 Å². The highest BCUT2D eigenvalue weighted by Crippen LogP contribution is 2.37. The Morgan fingerprint density at radius 2 is 1.95 bits per heavy atom. The lowest BCUT2D eigenvalue weighted by Crippen LogP contribution is -2.06. The van der Waals surface area contributed by atoms with Crippen molar-refractivity contribution in [3.05, 3.63) is 23.5 Å². The van der Waals surface area contributed by atoms with Crippen molar-refractivity contribution >= 4 is 11.0 Å². The molecule has 0 atom stereocenters. The maximum Gasteiger partial charge on any atom is 0.142 e. The van der Waals surface area contributed by atoms with Crippen LogP contribution in [0.15, 0.2) is 16.5 Å². The number of furan rings is 1. The molecule has 104 valence electrons. The van der Waals surface area contributed by atoms with E-state index in [-0.39, 0.29) is 0 Å². The van der Waals surface area contributed by atoms with Gasteiger partial charge in [0.15, 0.2) is 0 Å². The van der Waals surface area contributed by atoms with E-state index >= 15 is 0 Å². The Bertz CT molecular complexity index is 562. The second kappa shape index (κ2) is 5.95. The summed E-state index contributed by atoms with van der Waals surface area (Å²) in [7, 11) is 6.79. The van der Waals surface area contributed by atoms with Gasteiger partial charge in [0.25, 0.3) is 0 Å². The van der Waals surface area contributed by atoms with Gasteiger partial charge in [-0.15, -0.1) is 0 Å². The Kier molecular flexibility index (Phi) is 4.29. The molecule has 0 unspecified atom stereocenters. The minimum Gasteiger partial charge on any atom is -0.496 e. The van der Waals surface area contributed by atoms with Gasteiger partial charge >= 0.3 is 0 Å². The first-order valence-electron chi connectivity index (χ1n) is 6.05. The molecule has 1 N–H and O–H groups in total. The van der Waals surface area contributed by atoms with E-state index in [1.807, 2.05) is 19.2 Å². The van der Waals surface area contributed by atoms with Crippen LogP contribution in [0, 0.1) is 0 Å². The van der Waals surface area contributed by atoms with Crippen LogP contribution >= 0.6 is 0 Å². The lowest BCUT2D eigenvalue weighted by molar-refractivity contribution is 0.183. The molecule has 0 fully saturated rings. The van der Waals surface area contributed by atoms with E-state index in [0.717, 1.165) is 28.0 Å². The average Bonchev–Trinajstić information content (AvgIpc) is 2.76. The van der Waals surface area contributed by atoms with Crippen LogP contribution in [0.25, 0.3) is 11.0 Å². The third-order valence-corrected chi connectivity index (χ3v) is 2.99. The average molecular weight is 265 g/mol. The van der Waals surface area contributed by atoms with Crippen molar-refractivity contribution < 1.29 is 18.6 Å². The molecule has 0 saturated heterocycles. The Morgan fingerprint density at radius 3 is 2.53 bits per heavy atom. The summed E-state index contributed by atoms with van der Waals surface area (Å²) in [6.45, 7) is 1.12. The third kappa shape index (κ3) is 2.52. The van der Waals surface area contributed by atoms with Crippen LogP contribution in [0.4, 0.5) is 0 Å². The molecule has 1 heterocycles. The zero-order valence-electron chi connectivity index (χ0n) is 11.7. The fraction of sp³-hybridized carbons (Fsp3) is 0.429. The number of fused-ring (bicyclic) bond motifs is 1. The largest absolute Gasteiger partial charge is 0.496 e. The van der Waals surface area contributed by atoms with Crippen molar-refractivity contribution in [2.75, 3.05) is 28.4 Å². The zero-order chi connectivity index (χ0) is 13.8. The number of hydrogen-bond acceptors (Lipinski definition) is 5. The lowest BCUT2D eigenvalue weighted by atomic mass is 10.1. The summed E-state index contributed by atoms with van der Waals surface area (Å²) in [6, 6.07) is 3.70. The first kappa shape index (κ1) is 13.7. The minimum atomic E-state index is 0.479. The van der Waals surface area contributed by atoms with Crippen molar-refractivity contribution in [1.29, 1.82) is 0 Å². The number of benzene rings is 1. The monoisotopic (exact) mass is 265 g/mol. The molecule has 2 aromatic rings. The Balaban J connectivity index is 2.67. The van der Waals surface area contributed by atoms with E-state index in [0.29, 0.717) is 18.9 Å². The molecular formula is C14H19NO4. The smallest absolute Gasteiger partial charge is 0.142 e. The molecule has 0 aliphatic carbocycles. The molecule has 0 aliphatic rings. The molecule has 0 saturated carbocycles. The van der Waals surface area contributed by atoms with Crippen LogP contribution in [0.3, 0.4) is 0 Å². The summed E-state index contributed by atoms with van der Waals surface area (Å²) >= 11 is 0. The molecule has 5 nitrogen and oxygen atoms in total. The molecule has 5 heteroatoms. The molecular weight excluding hydrogens is 246 g/mol. The van der Waals surface area contributed by atoms with Crippen LogP contribution in [0.2, 0.25) is 0 Å². The van der Waals surface area contributed by atoms with Crippen LogP contribution in [0.5, 0.6) is 11.5 Å². The topological polar surface area (TPSA) is 52.9 Å². The van der Waals surface area contributed by atoms with Crippen molar-refractivity contribution in [1.82, 2.24) is 5.32 Å². The van der Waals surface area contributed by atoms with Gasteiger partial charge in [-0.1, -0.05) is 0 Å². The number of ether oxygens (including phenoxy) is 3. The number of nitrogens with one attached hydrogen (secondary N) is 1. The first-order chi connectivity index (χ1) is 9.24. The molecule has 2 rings (SSSR count). The molecule has 1 aromatic carbocycles. The lowest BCUT2D eigenvalue weighted by Gasteiger charge is -2.07. The van der Waals surface area contributed by atoms with Crippen molar-refractivity contribution in [3.63, 3.8) is 0 Å². The molecule has 19 heavy (non-hydrogen) atoms. The van der Waals surface area contributed by atoms with E-state index in [4.69, 9.17) is 18.6 Å². The fourth-order valence-electron chi connectivity index (χ4n) is 2.16. The summed E-state index contributed by atoms with van der Waals surface area (Å²) in [6.07, 6.45) is 0. The zero-order valence-corrected chi connectivity index (χ0v) is 11.7. The van der Waals surface area contributed by atoms with E-state index in [9.17, 15) is 0 Å². The SMILES string of the molecule is CNCc1oc2cc(OC)cc(OC)c2c1COC. The summed E-state index contributed by atoms with van der Waals surface area (Å²) < 4.78 is 21.8. The van der Waals surface area contributed by atoms with Gasteiger partial charge in [-0.25, -0.2) is 0 Å². The minimum absolute atomic E-state index is 0.479. The second-order valence-corrected chi connectivity index (χ2v) is 4.17. The first-order valence-corrected chi connectivity index (χ1v) is 6.05. The predicted molar refractivity (Wildman–Crippen MR) is 72.8 cm³/mol. The van der Waals surface area contributed by atoms with Gasteiger partial charge < -0.3 is 23.9 Å². The van der Waals surface area contributed by atoms with Gasteiger partial charge in [0.2, 0.25) is 0 Å². The maximum atomic E-state index is 5.87. The van der Waals surface area contributed by atoms with Crippen LogP contribution in [-0.2, 0) is 17.9 Å². The van der Waals surface area contributed by atoms with Gasteiger partial charge in [0, 0.05) is 24.8 Å². The van der Waals surface area contributed by atoms with E-state index < -0.39 is 0 Å². The summed E-state index contributed by atoms with van der Waals surface area (Å²) in [4.78, 5) is 0. The molecule has 0 radical (unpaired) electrons. The number of hydrogen-bond donors (Lipinski definition) is 1. The molecule has 0 bridgehead atoms. The summed E-state index contributed by atoms with van der Waals surface area (Å²) in [5.74, 6) is 2.29. The molecule has 0 spiro atoms.